The van der Waals surface area contributed by atoms with Gasteiger partial charge in [-0.1, -0.05) is 17.7 Å². The van der Waals surface area contributed by atoms with Gasteiger partial charge in [0.2, 0.25) is 0 Å². The predicted octanol–water partition coefficient (Wildman–Crippen LogP) is 5.17. The lowest BCUT2D eigenvalue weighted by molar-refractivity contribution is 0.0696. The summed E-state index contributed by atoms with van der Waals surface area (Å²) < 4.78 is 5.17. The molecule has 0 saturated heterocycles. The maximum atomic E-state index is 13.2. The van der Waals surface area contributed by atoms with Gasteiger partial charge >= 0.3 is 5.97 Å². The van der Waals surface area contributed by atoms with Crippen molar-refractivity contribution in [1.29, 1.82) is 0 Å². The van der Waals surface area contributed by atoms with E-state index in [4.69, 9.17) is 21.4 Å². The molecule has 1 aliphatic rings. The lowest BCUT2D eigenvalue weighted by Crippen LogP contribution is -2.25. The fourth-order valence-electron chi connectivity index (χ4n) is 3.92. The van der Waals surface area contributed by atoms with Gasteiger partial charge in [0, 0.05) is 17.0 Å². The number of nitrogens with one attached hydrogen (secondary N) is 2. The molecule has 0 aliphatic heterocycles. The van der Waals surface area contributed by atoms with Crippen molar-refractivity contribution in [2.75, 3.05) is 12.4 Å². The fourth-order valence-corrected chi connectivity index (χ4v) is 5.49. The number of thiophene rings is 1. The van der Waals surface area contributed by atoms with E-state index in [9.17, 15) is 14.4 Å². The summed E-state index contributed by atoms with van der Waals surface area (Å²) in [6, 6.07) is 11.0. The van der Waals surface area contributed by atoms with Crippen LogP contribution in [0.25, 0.3) is 0 Å². The van der Waals surface area contributed by atoms with Crippen molar-refractivity contribution in [1.82, 2.24) is 5.32 Å². The Kier molecular flexibility index (Phi) is 7.19. The molecular weight excluding hydrogens is 476 g/mol. The van der Waals surface area contributed by atoms with Gasteiger partial charge < -0.3 is 20.5 Å². The smallest absolute Gasteiger partial charge is 0.335 e. The van der Waals surface area contributed by atoms with Crippen molar-refractivity contribution < 1.29 is 24.2 Å². The van der Waals surface area contributed by atoms with Crippen LogP contribution in [-0.4, -0.2) is 30.0 Å². The van der Waals surface area contributed by atoms with Crippen molar-refractivity contribution in [3.8, 4) is 5.75 Å². The van der Waals surface area contributed by atoms with Crippen molar-refractivity contribution in [3.05, 3.63) is 80.2 Å². The number of fused-ring (bicyclic) bond motifs is 1. The Morgan fingerprint density at radius 2 is 1.74 bits per heavy atom. The molecule has 0 saturated carbocycles. The van der Waals surface area contributed by atoms with E-state index in [1.165, 1.54) is 35.6 Å². The minimum absolute atomic E-state index is 0.0989. The number of halogens is 1. The second kappa shape index (κ2) is 10.3. The summed E-state index contributed by atoms with van der Waals surface area (Å²) in [4.78, 5) is 38.3. The van der Waals surface area contributed by atoms with Crippen molar-refractivity contribution in [2.45, 2.75) is 32.2 Å². The van der Waals surface area contributed by atoms with E-state index in [1.807, 2.05) is 6.07 Å². The van der Waals surface area contributed by atoms with E-state index in [1.54, 1.807) is 19.2 Å². The van der Waals surface area contributed by atoms with Crippen LogP contribution < -0.4 is 15.4 Å². The quantitative estimate of drug-likeness (QED) is 0.417. The average molecular weight is 499 g/mol. The average Bonchev–Trinajstić information content (AvgIpc) is 3.20. The number of benzene rings is 2. The standard InChI is InChI=1S/C25H23ClN2O5S/c1-33-19-11-6-14(12-18(19)26)13-27-23(30)21-17-4-2-3-5-20(17)34-24(21)28-22(29)15-7-9-16(10-8-15)25(31)32/h6-12H,2-5,13H2,1H3,(H,27,30)(H,28,29)(H,31,32). The summed E-state index contributed by atoms with van der Waals surface area (Å²) in [5.41, 5.74) is 2.72. The summed E-state index contributed by atoms with van der Waals surface area (Å²) in [5.74, 6) is -1.16. The van der Waals surface area contributed by atoms with E-state index in [2.05, 4.69) is 10.6 Å². The second-order valence-corrected chi connectivity index (χ2v) is 9.42. The predicted molar refractivity (Wildman–Crippen MR) is 131 cm³/mol. The maximum Gasteiger partial charge on any atom is 0.335 e. The van der Waals surface area contributed by atoms with Crippen LogP contribution in [0.4, 0.5) is 5.00 Å². The number of carbonyl (C=O) groups is 3. The zero-order valence-electron chi connectivity index (χ0n) is 18.4. The zero-order chi connectivity index (χ0) is 24.2. The topological polar surface area (TPSA) is 105 Å². The molecule has 34 heavy (non-hydrogen) atoms. The largest absolute Gasteiger partial charge is 0.495 e. The normalized spacial score (nSPS) is 12.5. The van der Waals surface area contributed by atoms with Crippen molar-refractivity contribution >= 4 is 45.7 Å². The monoisotopic (exact) mass is 498 g/mol. The summed E-state index contributed by atoms with van der Waals surface area (Å²) in [5, 5.41) is 15.8. The SMILES string of the molecule is COc1ccc(CNC(=O)c2c(NC(=O)c3ccc(C(=O)O)cc3)sc3c2CCCC3)cc1Cl. The van der Waals surface area contributed by atoms with E-state index >= 15 is 0 Å². The molecule has 0 bridgehead atoms. The third kappa shape index (κ3) is 5.08. The first kappa shape index (κ1) is 23.8. The van der Waals surface area contributed by atoms with Crippen molar-refractivity contribution in [2.24, 2.45) is 0 Å². The molecule has 1 aromatic heterocycles. The highest BCUT2D eigenvalue weighted by molar-refractivity contribution is 7.17. The molecule has 1 aliphatic carbocycles. The number of hydrogen-bond acceptors (Lipinski definition) is 5. The Bertz CT molecular complexity index is 1250. The van der Waals surface area contributed by atoms with E-state index in [0.717, 1.165) is 41.7 Å². The number of ether oxygens (including phenoxy) is 1. The van der Waals surface area contributed by atoms with Gasteiger partial charge in [-0.05, 0) is 73.2 Å². The maximum absolute atomic E-state index is 13.2. The zero-order valence-corrected chi connectivity index (χ0v) is 20.0. The molecule has 2 aromatic carbocycles. The van der Waals surface area contributed by atoms with Crippen LogP contribution in [0.3, 0.4) is 0 Å². The summed E-state index contributed by atoms with van der Waals surface area (Å²) in [7, 11) is 1.54. The molecule has 9 heteroatoms. The molecule has 176 valence electrons. The van der Waals surface area contributed by atoms with Gasteiger partial charge in [-0.2, -0.15) is 0 Å². The molecule has 4 rings (SSSR count). The van der Waals surface area contributed by atoms with Gasteiger partial charge in [0.1, 0.15) is 10.8 Å². The van der Waals surface area contributed by atoms with Crippen molar-refractivity contribution in [3.63, 3.8) is 0 Å². The summed E-state index contributed by atoms with van der Waals surface area (Å²) in [6.45, 7) is 0.275. The van der Waals surface area contributed by atoms with Crippen LogP contribution in [0.2, 0.25) is 5.02 Å². The van der Waals surface area contributed by atoms with Gasteiger partial charge in [-0.3, -0.25) is 9.59 Å². The van der Waals surface area contributed by atoms with Gasteiger partial charge in [-0.15, -0.1) is 11.3 Å². The molecule has 1 heterocycles. The Labute approximate surface area is 205 Å². The number of amides is 2. The third-order valence-corrected chi connectivity index (χ3v) is 7.19. The second-order valence-electron chi connectivity index (χ2n) is 7.90. The number of aryl methyl sites for hydroxylation is 1. The molecular formula is C25H23ClN2O5S. The highest BCUT2D eigenvalue weighted by Crippen LogP contribution is 2.38. The molecule has 3 N–H and O–H groups in total. The number of methoxy groups -OCH3 is 1. The van der Waals surface area contributed by atoms with E-state index < -0.39 is 11.9 Å². The highest BCUT2D eigenvalue weighted by atomic mass is 35.5. The van der Waals surface area contributed by atoms with Gasteiger partial charge in [0.25, 0.3) is 11.8 Å². The highest BCUT2D eigenvalue weighted by Gasteiger charge is 2.26. The Balaban J connectivity index is 1.55. The van der Waals surface area contributed by atoms with Crippen LogP contribution in [0, 0.1) is 0 Å². The summed E-state index contributed by atoms with van der Waals surface area (Å²) >= 11 is 7.62. The van der Waals surface area contributed by atoms with Crippen LogP contribution in [0.5, 0.6) is 5.75 Å². The van der Waals surface area contributed by atoms with E-state index in [-0.39, 0.29) is 18.0 Å². The molecule has 0 unspecified atom stereocenters. The number of carboxylic acids is 1. The Morgan fingerprint density at radius 1 is 1.03 bits per heavy atom. The first-order valence-corrected chi connectivity index (χ1v) is 12.0. The van der Waals surface area contributed by atoms with Crippen LogP contribution >= 0.6 is 22.9 Å². The van der Waals surface area contributed by atoms with Crippen LogP contribution in [-0.2, 0) is 19.4 Å². The minimum atomic E-state index is -1.06. The van der Waals surface area contributed by atoms with Gasteiger partial charge in [0.05, 0.1) is 23.3 Å². The van der Waals surface area contributed by atoms with Crippen LogP contribution in [0.1, 0.15) is 59.9 Å². The number of carboxylic acid groups (broad SMARTS) is 1. The van der Waals surface area contributed by atoms with Gasteiger partial charge in [-0.25, -0.2) is 4.79 Å². The number of anilines is 1. The lowest BCUT2D eigenvalue weighted by atomic mass is 9.95. The lowest BCUT2D eigenvalue weighted by Gasteiger charge is -2.14. The molecule has 0 atom stereocenters. The molecule has 7 nitrogen and oxygen atoms in total. The summed E-state index contributed by atoms with van der Waals surface area (Å²) in [6.07, 6.45) is 3.69. The van der Waals surface area contributed by atoms with E-state index in [0.29, 0.717) is 26.9 Å². The first-order valence-electron chi connectivity index (χ1n) is 10.8. The van der Waals surface area contributed by atoms with Crippen LogP contribution in [0.15, 0.2) is 42.5 Å². The molecule has 0 fully saturated rings. The van der Waals surface area contributed by atoms with Gasteiger partial charge in [0.15, 0.2) is 0 Å². The third-order valence-electron chi connectivity index (χ3n) is 5.69. The Morgan fingerprint density at radius 3 is 2.41 bits per heavy atom. The molecule has 2 amide bonds. The number of carbonyl (C=O) groups excluding carboxylic acids is 2. The molecule has 0 radical (unpaired) electrons. The number of aromatic carboxylic acids is 1. The fraction of sp³-hybridized carbons (Fsp3) is 0.240. The first-order chi connectivity index (χ1) is 16.4. The molecule has 3 aromatic rings. The number of hydrogen-bond donors (Lipinski definition) is 3. The molecule has 0 spiro atoms. The Hall–Kier alpha value is -3.36. The number of rotatable bonds is 7. The minimum Gasteiger partial charge on any atom is -0.495 e.